The molecule has 3 heterocycles. The average Bonchev–Trinajstić information content (AvgIpc) is 0.837. The van der Waals surface area contributed by atoms with Crippen LogP contribution in [0.5, 0.6) is 0 Å². The third-order valence-electron chi connectivity index (χ3n) is 17.5. The van der Waals surface area contributed by atoms with Crippen LogP contribution in [-0.4, -0.2) is 193 Å². The van der Waals surface area contributed by atoms with Gasteiger partial charge in [0.15, 0.2) is 18.9 Å². The molecule has 3 aliphatic heterocycles. The third kappa shape index (κ3) is 35.3. The summed E-state index contributed by atoms with van der Waals surface area (Å²) in [5, 5.41) is 121. The molecule has 19 heteroatoms. The number of rotatable bonds is 54. The lowest BCUT2D eigenvalue weighted by atomic mass is 9.96. The van der Waals surface area contributed by atoms with Gasteiger partial charge < -0.3 is 89.9 Å². The van der Waals surface area contributed by atoms with E-state index in [1.54, 1.807) is 0 Å². The van der Waals surface area contributed by atoms with Crippen molar-refractivity contribution in [1.82, 2.24) is 5.32 Å². The van der Waals surface area contributed by atoms with Crippen LogP contribution in [0, 0.1) is 0 Å². The molecule has 92 heavy (non-hydrogen) atoms. The molecule has 17 unspecified atom stereocenters. The maximum Gasteiger partial charge on any atom is 0.220 e. The summed E-state index contributed by atoms with van der Waals surface area (Å²) in [6, 6.07) is -0.912. The summed E-state index contributed by atoms with van der Waals surface area (Å²) >= 11 is 0. The van der Waals surface area contributed by atoms with Gasteiger partial charge in [-0.05, 0) is 70.6 Å². The number of unbranched alkanes of at least 4 members (excludes halogenated alkanes) is 24. The molecule has 3 aliphatic rings. The van der Waals surface area contributed by atoms with Gasteiger partial charge >= 0.3 is 0 Å². The van der Waals surface area contributed by atoms with E-state index in [-0.39, 0.29) is 18.9 Å². The Morgan fingerprint density at radius 3 is 1.16 bits per heavy atom. The highest BCUT2D eigenvalue weighted by molar-refractivity contribution is 5.76. The van der Waals surface area contributed by atoms with E-state index >= 15 is 0 Å². The van der Waals surface area contributed by atoms with Crippen LogP contribution in [0.3, 0.4) is 0 Å². The minimum absolute atomic E-state index is 0.222. The quantitative estimate of drug-likeness (QED) is 0.0199. The van der Waals surface area contributed by atoms with Crippen molar-refractivity contribution in [2.75, 3.05) is 26.4 Å². The molecule has 3 rings (SSSR count). The molecule has 0 saturated carbocycles. The molecule has 0 aliphatic carbocycles. The SMILES string of the molecule is CC/C=C\C/C=C\C/C=C\C/C=C\C/C=C\C/C=C\C/C=C\CCCCCC(=O)NC(COC1OC(CO)C(OC2OC(CO)C(OC3OC(CO)C(O)C(O)C3O)C(O)C2O)C(O)C1O)C(O)CCCCCCCCCCCCCCCCCCCCCCCC. The number of allylic oxidation sites excluding steroid dienone is 14. The maximum atomic E-state index is 13.4. The van der Waals surface area contributed by atoms with Gasteiger partial charge in [0.2, 0.25) is 5.91 Å². The summed E-state index contributed by atoms with van der Waals surface area (Å²) in [6.07, 6.45) is 42.2. The minimum Gasteiger partial charge on any atom is -0.394 e. The van der Waals surface area contributed by atoms with Gasteiger partial charge in [-0.2, -0.15) is 0 Å². The Morgan fingerprint density at radius 1 is 0.402 bits per heavy atom. The van der Waals surface area contributed by atoms with Gasteiger partial charge in [0.25, 0.3) is 0 Å². The van der Waals surface area contributed by atoms with Crippen LogP contribution in [-0.2, 0) is 33.2 Å². The summed E-state index contributed by atoms with van der Waals surface area (Å²) in [7, 11) is 0. The van der Waals surface area contributed by atoms with Crippen molar-refractivity contribution in [2.24, 2.45) is 0 Å². The lowest BCUT2D eigenvalue weighted by molar-refractivity contribution is -0.379. The first-order chi connectivity index (χ1) is 44.8. The van der Waals surface area contributed by atoms with E-state index in [4.69, 9.17) is 28.4 Å². The highest BCUT2D eigenvalue weighted by Crippen LogP contribution is 2.33. The van der Waals surface area contributed by atoms with Gasteiger partial charge in [-0.15, -0.1) is 0 Å². The third-order valence-corrected chi connectivity index (χ3v) is 17.5. The second-order valence-electron chi connectivity index (χ2n) is 25.3. The Labute approximate surface area is 552 Å². The van der Waals surface area contributed by atoms with Gasteiger partial charge in [0.05, 0.1) is 38.6 Å². The molecule has 3 fully saturated rings. The van der Waals surface area contributed by atoms with Gasteiger partial charge in [-0.3, -0.25) is 4.79 Å². The van der Waals surface area contributed by atoms with Crippen molar-refractivity contribution >= 4 is 5.91 Å². The first-order valence-electron chi connectivity index (χ1n) is 35.8. The Bertz CT molecular complexity index is 2000. The number of hydrogen-bond acceptors (Lipinski definition) is 18. The summed E-state index contributed by atoms with van der Waals surface area (Å²) < 4.78 is 34.4. The molecule has 0 radical (unpaired) electrons. The normalized spacial score (nSPS) is 28.2. The zero-order valence-electron chi connectivity index (χ0n) is 56.3. The molecule has 3 saturated heterocycles. The van der Waals surface area contributed by atoms with Crippen LogP contribution in [0.2, 0.25) is 0 Å². The number of ether oxygens (including phenoxy) is 6. The summed E-state index contributed by atoms with van der Waals surface area (Å²) in [4.78, 5) is 13.4. The number of hydrogen-bond donors (Lipinski definition) is 12. The minimum atomic E-state index is -1.98. The largest absolute Gasteiger partial charge is 0.394 e. The summed E-state index contributed by atoms with van der Waals surface area (Å²) in [5.41, 5.74) is 0. The van der Waals surface area contributed by atoms with Crippen LogP contribution in [0.1, 0.15) is 239 Å². The zero-order chi connectivity index (χ0) is 66.8. The highest BCUT2D eigenvalue weighted by Gasteiger charge is 2.53. The van der Waals surface area contributed by atoms with Crippen molar-refractivity contribution in [3.05, 3.63) is 85.1 Å². The standard InChI is InChI=1S/C73H127NO18/c1-3-5-7-9-11-13-15-17-19-21-23-25-27-28-29-31-33-35-37-39-41-43-45-47-49-51-61(79)74-56(57(78)50-48-46-44-42-40-38-36-34-32-30-26-24-22-20-18-16-14-12-10-8-6-4-2)55-87-71-67(85)64(82)69(59(53-76)89-71)92-73-68(86)65(83)70(60(54-77)90-73)91-72-66(84)63(81)62(80)58(52-75)88-72/h5,7,11,13,17,19,23,25,28-29,33,35,39,41,56-60,62-73,75-78,80-86H,3-4,6,8-10,12,14-16,18,20-22,24,26-27,30-32,34,36-38,40,42-55H2,1-2H3,(H,74,79)/b7-5-,13-11-,19-17-,25-23-,29-28-,35-33-,41-39-. The molecule has 1 amide bonds. The van der Waals surface area contributed by atoms with Crippen LogP contribution in [0.25, 0.3) is 0 Å². The molecule has 0 bridgehead atoms. The van der Waals surface area contributed by atoms with E-state index in [2.05, 4.69) is 104 Å². The van der Waals surface area contributed by atoms with E-state index in [1.807, 2.05) is 0 Å². The average molecular weight is 1310 g/mol. The second-order valence-corrected chi connectivity index (χ2v) is 25.3. The number of carbonyl (C=O) groups is 1. The lowest BCUT2D eigenvalue weighted by Gasteiger charge is -2.48. The van der Waals surface area contributed by atoms with Gasteiger partial charge in [-0.25, -0.2) is 0 Å². The van der Waals surface area contributed by atoms with Gasteiger partial charge in [0, 0.05) is 6.42 Å². The van der Waals surface area contributed by atoms with Crippen molar-refractivity contribution in [2.45, 2.75) is 343 Å². The molecular formula is C73H127NO18. The fourth-order valence-electron chi connectivity index (χ4n) is 11.7. The summed E-state index contributed by atoms with van der Waals surface area (Å²) in [5.74, 6) is -0.276. The Hall–Kier alpha value is -3.03. The molecular weight excluding hydrogens is 1180 g/mol. The second kappa shape index (κ2) is 54.0. The van der Waals surface area contributed by atoms with Gasteiger partial charge in [-0.1, -0.05) is 247 Å². The van der Waals surface area contributed by atoms with Crippen molar-refractivity contribution < 1.29 is 89.4 Å². The maximum absolute atomic E-state index is 13.4. The number of carbonyl (C=O) groups excluding carboxylic acids is 1. The molecule has 0 aromatic carbocycles. The van der Waals surface area contributed by atoms with Crippen molar-refractivity contribution in [3.8, 4) is 0 Å². The first kappa shape index (κ1) is 83.2. The molecule has 0 spiro atoms. The molecule has 0 aromatic rings. The van der Waals surface area contributed by atoms with E-state index < -0.39 is 124 Å². The fraction of sp³-hybridized carbons (Fsp3) is 0.795. The first-order valence-corrected chi connectivity index (χ1v) is 35.8. The van der Waals surface area contributed by atoms with Gasteiger partial charge in [0.1, 0.15) is 73.2 Å². The smallest absolute Gasteiger partial charge is 0.220 e. The van der Waals surface area contributed by atoms with Crippen molar-refractivity contribution in [3.63, 3.8) is 0 Å². The highest BCUT2D eigenvalue weighted by atomic mass is 16.8. The fourth-order valence-corrected chi connectivity index (χ4v) is 11.7. The molecule has 17 atom stereocenters. The summed E-state index contributed by atoms with van der Waals surface area (Å²) in [6.45, 7) is 1.67. The monoisotopic (exact) mass is 1310 g/mol. The number of amides is 1. The van der Waals surface area contributed by atoms with Crippen molar-refractivity contribution in [1.29, 1.82) is 0 Å². The Morgan fingerprint density at radius 2 is 0.750 bits per heavy atom. The Kier molecular flexibility index (Phi) is 48.9. The van der Waals surface area contributed by atoms with Crippen LogP contribution >= 0.6 is 0 Å². The lowest BCUT2D eigenvalue weighted by Crippen LogP contribution is -2.66. The molecule has 12 N–H and O–H groups in total. The topological polar surface area (TPSA) is 307 Å². The van der Waals surface area contributed by atoms with Crippen LogP contribution in [0.4, 0.5) is 0 Å². The van der Waals surface area contributed by atoms with E-state index in [0.717, 1.165) is 83.5 Å². The van der Waals surface area contributed by atoms with Crippen LogP contribution < -0.4 is 5.32 Å². The van der Waals surface area contributed by atoms with E-state index in [9.17, 15) is 61.0 Å². The molecule has 19 nitrogen and oxygen atoms in total. The van der Waals surface area contributed by atoms with Crippen LogP contribution in [0.15, 0.2) is 85.1 Å². The van der Waals surface area contributed by atoms with E-state index in [1.165, 1.54) is 116 Å². The molecule has 0 aromatic heterocycles. The number of aliphatic hydroxyl groups excluding tert-OH is 11. The molecule has 532 valence electrons. The number of nitrogens with one attached hydrogen (secondary N) is 1. The Balaban J connectivity index is 1.44. The zero-order valence-corrected chi connectivity index (χ0v) is 56.3. The predicted molar refractivity (Wildman–Crippen MR) is 360 cm³/mol. The van der Waals surface area contributed by atoms with E-state index in [0.29, 0.717) is 19.3 Å². The number of aliphatic hydroxyl groups is 11. The predicted octanol–water partition coefficient (Wildman–Crippen LogP) is 9.88.